The van der Waals surface area contributed by atoms with Gasteiger partial charge in [-0.1, -0.05) is 6.92 Å². The molecule has 0 aliphatic carbocycles. The predicted molar refractivity (Wildman–Crippen MR) is 38.4 cm³/mol. The van der Waals surface area contributed by atoms with E-state index in [1.165, 1.54) is 19.3 Å². The summed E-state index contributed by atoms with van der Waals surface area (Å²) in [6.07, 6.45) is 4.38. The normalized spacial score (nSPS) is 50.7. The second kappa shape index (κ2) is 1.72. The van der Waals surface area contributed by atoms with Crippen molar-refractivity contribution < 1.29 is 0 Å². The van der Waals surface area contributed by atoms with Gasteiger partial charge in [-0.25, -0.2) is 0 Å². The zero-order chi connectivity index (χ0) is 6.43. The van der Waals surface area contributed by atoms with Gasteiger partial charge in [-0.15, -0.1) is 0 Å². The minimum Gasteiger partial charge on any atom is -0.300 e. The molecule has 0 aromatic rings. The van der Waals surface area contributed by atoms with Gasteiger partial charge in [0, 0.05) is 12.1 Å². The fourth-order valence-corrected chi connectivity index (χ4v) is 2.60. The lowest BCUT2D eigenvalue weighted by molar-refractivity contribution is 0.296. The van der Waals surface area contributed by atoms with Crippen LogP contribution in [0.3, 0.4) is 0 Å². The first-order chi connectivity index (χ1) is 4.29. The van der Waals surface area contributed by atoms with Crippen LogP contribution < -0.4 is 0 Å². The maximum Gasteiger partial charge on any atom is 0.0122 e. The molecule has 2 aliphatic rings. The molecule has 0 saturated carbocycles. The maximum absolute atomic E-state index is 2.57. The fraction of sp³-hybridized carbons (Fsp3) is 1.00. The van der Waals surface area contributed by atoms with Crippen molar-refractivity contribution in [2.24, 2.45) is 5.92 Å². The van der Waals surface area contributed by atoms with Gasteiger partial charge in [-0.05, 0) is 32.2 Å². The molecule has 2 heterocycles. The molecule has 52 valence electrons. The highest BCUT2D eigenvalue weighted by Gasteiger charge is 2.41. The van der Waals surface area contributed by atoms with E-state index in [0.29, 0.717) is 0 Å². The van der Waals surface area contributed by atoms with Crippen LogP contribution in [0.15, 0.2) is 0 Å². The smallest absolute Gasteiger partial charge is 0.0122 e. The van der Waals surface area contributed by atoms with Gasteiger partial charge < -0.3 is 4.90 Å². The van der Waals surface area contributed by atoms with E-state index in [4.69, 9.17) is 0 Å². The first-order valence-electron chi connectivity index (χ1n) is 4.01. The molecule has 2 aliphatic heterocycles. The number of hydrogen-bond acceptors (Lipinski definition) is 1. The van der Waals surface area contributed by atoms with Gasteiger partial charge >= 0.3 is 0 Å². The van der Waals surface area contributed by atoms with E-state index in [1.54, 1.807) is 0 Å². The summed E-state index contributed by atoms with van der Waals surface area (Å²) < 4.78 is 0. The van der Waals surface area contributed by atoms with E-state index in [0.717, 1.165) is 18.0 Å². The minimum absolute atomic E-state index is 0.940. The van der Waals surface area contributed by atoms with Crippen LogP contribution in [0.25, 0.3) is 0 Å². The Kier molecular flexibility index (Phi) is 1.10. The van der Waals surface area contributed by atoms with Crippen molar-refractivity contribution in [1.82, 2.24) is 4.90 Å². The quantitative estimate of drug-likeness (QED) is 0.474. The van der Waals surface area contributed by atoms with Crippen molar-refractivity contribution in [3.8, 4) is 0 Å². The summed E-state index contributed by atoms with van der Waals surface area (Å²) in [5.41, 5.74) is 0. The molecule has 1 heteroatoms. The fourth-order valence-electron chi connectivity index (χ4n) is 2.60. The van der Waals surface area contributed by atoms with Crippen molar-refractivity contribution in [2.45, 2.75) is 38.3 Å². The van der Waals surface area contributed by atoms with Gasteiger partial charge in [0.05, 0.1) is 0 Å². The molecular formula is C8H15N. The average Bonchev–Trinajstić information content (AvgIpc) is 2.25. The first kappa shape index (κ1) is 5.72. The molecule has 0 aromatic carbocycles. The van der Waals surface area contributed by atoms with Crippen molar-refractivity contribution >= 4 is 0 Å². The third kappa shape index (κ3) is 0.644. The van der Waals surface area contributed by atoms with E-state index in [2.05, 4.69) is 18.9 Å². The summed E-state index contributed by atoms with van der Waals surface area (Å²) in [4.78, 5) is 2.57. The van der Waals surface area contributed by atoms with Gasteiger partial charge in [-0.3, -0.25) is 0 Å². The topological polar surface area (TPSA) is 3.24 Å². The molecule has 0 radical (unpaired) electrons. The number of hydrogen-bond donors (Lipinski definition) is 0. The molecule has 0 unspecified atom stereocenters. The van der Waals surface area contributed by atoms with Gasteiger partial charge in [0.15, 0.2) is 0 Å². The van der Waals surface area contributed by atoms with Crippen LogP contribution in [0.4, 0.5) is 0 Å². The molecule has 2 bridgehead atoms. The molecule has 2 rings (SSSR count). The van der Waals surface area contributed by atoms with Gasteiger partial charge in [0.25, 0.3) is 0 Å². The average molecular weight is 125 g/mol. The second-order valence-electron chi connectivity index (χ2n) is 3.68. The maximum atomic E-state index is 2.57. The Morgan fingerprint density at radius 1 is 1.33 bits per heavy atom. The molecule has 2 fully saturated rings. The summed E-state index contributed by atoms with van der Waals surface area (Å²) in [6.45, 7) is 2.39. The van der Waals surface area contributed by atoms with E-state index >= 15 is 0 Å². The van der Waals surface area contributed by atoms with E-state index in [-0.39, 0.29) is 0 Å². The Hall–Kier alpha value is -0.0400. The monoisotopic (exact) mass is 125 g/mol. The first-order valence-corrected chi connectivity index (χ1v) is 4.01. The van der Waals surface area contributed by atoms with Crippen molar-refractivity contribution in [1.29, 1.82) is 0 Å². The van der Waals surface area contributed by atoms with E-state index in [1.807, 2.05) is 0 Å². The summed E-state index contributed by atoms with van der Waals surface area (Å²) in [5, 5.41) is 0. The van der Waals surface area contributed by atoms with Gasteiger partial charge in [0.1, 0.15) is 0 Å². The highest BCUT2D eigenvalue weighted by Crippen LogP contribution is 2.39. The van der Waals surface area contributed by atoms with Crippen molar-refractivity contribution in [3.63, 3.8) is 0 Å². The Morgan fingerprint density at radius 2 is 2.11 bits per heavy atom. The zero-order valence-electron chi connectivity index (χ0n) is 6.30. The third-order valence-corrected chi connectivity index (χ3v) is 3.20. The van der Waals surface area contributed by atoms with Crippen LogP contribution in [0.5, 0.6) is 0 Å². The van der Waals surface area contributed by atoms with Gasteiger partial charge in [-0.2, -0.15) is 0 Å². The Labute approximate surface area is 57.0 Å². The van der Waals surface area contributed by atoms with Crippen LogP contribution in [0.1, 0.15) is 26.2 Å². The summed E-state index contributed by atoms with van der Waals surface area (Å²) in [7, 11) is 2.28. The SMILES string of the molecule is C[C@H]1C[C@@H]2CC[C@H]1N2C. The highest BCUT2D eigenvalue weighted by molar-refractivity contribution is 4.96. The summed E-state index contributed by atoms with van der Waals surface area (Å²) in [6, 6.07) is 1.89. The molecule has 0 spiro atoms. The summed E-state index contributed by atoms with van der Waals surface area (Å²) in [5.74, 6) is 0.980. The molecular weight excluding hydrogens is 110 g/mol. The van der Waals surface area contributed by atoms with Crippen molar-refractivity contribution in [3.05, 3.63) is 0 Å². The minimum atomic E-state index is 0.940. The predicted octanol–water partition coefficient (Wildman–Crippen LogP) is 1.49. The zero-order valence-corrected chi connectivity index (χ0v) is 6.30. The Balaban J connectivity index is 2.16. The van der Waals surface area contributed by atoms with Crippen LogP contribution in [0, 0.1) is 5.92 Å². The molecule has 0 amide bonds. The number of rotatable bonds is 0. The molecule has 0 N–H and O–H groups in total. The van der Waals surface area contributed by atoms with E-state index < -0.39 is 0 Å². The second-order valence-corrected chi connectivity index (χ2v) is 3.68. The lowest BCUT2D eigenvalue weighted by Gasteiger charge is -2.16. The van der Waals surface area contributed by atoms with E-state index in [9.17, 15) is 0 Å². The number of nitrogens with zero attached hydrogens (tertiary/aromatic N) is 1. The summed E-state index contributed by atoms with van der Waals surface area (Å²) >= 11 is 0. The highest BCUT2D eigenvalue weighted by atomic mass is 15.2. The molecule has 3 atom stereocenters. The third-order valence-electron chi connectivity index (χ3n) is 3.20. The van der Waals surface area contributed by atoms with Crippen LogP contribution in [-0.4, -0.2) is 24.0 Å². The van der Waals surface area contributed by atoms with Crippen LogP contribution in [0.2, 0.25) is 0 Å². The Bertz CT molecular complexity index is 122. The van der Waals surface area contributed by atoms with Crippen molar-refractivity contribution in [2.75, 3.05) is 7.05 Å². The largest absolute Gasteiger partial charge is 0.300 e. The number of fused-ring (bicyclic) bond motifs is 2. The van der Waals surface area contributed by atoms with Crippen LogP contribution >= 0.6 is 0 Å². The molecule has 2 saturated heterocycles. The lowest BCUT2D eigenvalue weighted by atomic mass is 9.91. The molecule has 1 nitrogen and oxygen atoms in total. The molecule has 9 heavy (non-hydrogen) atoms. The van der Waals surface area contributed by atoms with Crippen LogP contribution in [-0.2, 0) is 0 Å². The standard InChI is InChI=1S/C8H15N/c1-6-5-7-3-4-8(6)9(7)2/h6-8H,3-5H2,1-2H3/t6-,7-,8+/m0/s1. The van der Waals surface area contributed by atoms with Gasteiger partial charge in [0.2, 0.25) is 0 Å². The Morgan fingerprint density at radius 3 is 2.33 bits per heavy atom. The lowest BCUT2D eigenvalue weighted by Crippen LogP contribution is -2.24. The molecule has 0 aromatic heterocycles.